The van der Waals surface area contributed by atoms with Gasteiger partial charge in [0.05, 0.1) is 18.7 Å². The predicted octanol–water partition coefficient (Wildman–Crippen LogP) is 3.08. The number of hydroxylamine groups is 2. The number of aromatic nitrogens is 1. The number of alkyl halides is 3. The van der Waals surface area contributed by atoms with Gasteiger partial charge in [-0.3, -0.25) is 0 Å². The summed E-state index contributed by atoms with van der Waals surface area (Å²) in [5, 5.41) is 3.68. The van der Waals surface area contributed by atoms with E-state index in [1.54, 1.807) is 5.06 Å². The van der Waals surface area contributed by atoms with Gasteiger partial charge in [-0.05, 0) is 24.3 Å². The number of hydrogen-bond donors (Lipinski definition) is 0. The minimum atomic E-state index is -4.32. The van der Waals surface area contributed by atoms with E-state index in [0.29, 0.717) is 18.8 Å². The summed E-state index contributed by atoms with van der Waals surface area (Å²) in [5.74, 6) is 1.31. The number of benzene rings is 1. The molecule has 0 aliphatic carbocycles. The third-order valence-corrected chi connectivity index (χ3v) is 3.88. The van der Waals surface area contributed by atoms with Crippen molar-refractivity contribution in [2.24, 2.45) is 0 Å². The highest BCUT2D eigenvalue weighted by atomic mass is 32.1. The first-order valence-electron chi connectivity index (χ1n) is 6.69. The highest BCUT2D eigenvalue weighted by Crippen LogP contribution is 2.30. The quantitative estimate of drug-likeness (QED) is 0.866. The van der Waals surface area contributed by atoms with E-state index in [9.17, 15) is 13.2 Å². The Bertz CT molecular complexity index is 593. The standard InChI is InChI=1S/C14H13F3N3OS/c15-14(16,17)11-1-3-12(4-2-11)21-20-7-5-19(6-8-20)13-9-22-10-18-13/h1-4,9H,5-8H2. The van der Waals surface area contributed by atoms with Crippen molar-refractivity contribution in [2.45, 2.75) is 6.18 Å². The molecule has 1 fully saturated rings. The number of anilines is 1. The van der Waals surface area contributed by atoms with Crippen LogP contribution in [-0.4, -0.2) is 36.2 Å². The average molecular weight is 328 g/mol. The van der Waals surface area contributed by atoms with Gasteiger partial charge < -0.3 is 9.74 Å². The lowest BCUT2D eigenvalue weighted by Crippen LogP contribution is -2.47. The minimum Gasteiger partial charge on any atom is -0.406 e. The summed E-state index contributed by atoms with van der Waals surface area (Å²) in [6.07, 6.45) is -4.32. The summed E-state index contributed by atoms with van der Waals surface area (Å²) in [6.45, 7) is 2.80. The molecule has 1 saturated heterocycles. The Kier molecular flexibility index (Phi) is 4.21. The summed E-state index contributed by atoms with van der Waals surface area (Å²) >= 11 is 1.43. The van der Waals surface area contributed by atoms with Crippen molar-refractivity contribution in [3.05, 3.63) is 40.7 Å². The number of thiazole rings is 1. The van der Waals surface area contributed by atoms with E-state index in [-0.39, 0.29) is 0 Å². The van der Waals surface area contributed by atoms with Gasteiger partial charge in [0.1, 0.15) is 11.6 Å². The van der Waals surface area contributed by atoms with Crippen LogP contribution in [0.3, 0.4) is 0 Å². The molecule has 0 bridgehead atoms. The van der Waals surface area contributed by atoms with E-state index in [0.717, 1.165) is 31.0 Å². The zero-order chi connectivity index (χ0) is 15.6. The Morgan fingerprint density at radius 1 is 1.09 bits per heavy atom. The first-order chi connectivity index (χ1) is 10.5. The molecule has 0 saturated carbocycles. The summed E-state index contributed by atoms with van der Waals surface area (Å²) in [5.41, 5.74) is 2.13. The number of halogens is 3. The van der Waals surface area contributed by atoms with Crippen LogP contribution in [0.4, 0.5) is 19.0 Å². The lowest BCUT2D eigenvalue weighted by atomic mass is 10.2. The van der Waals surface area contributed by atoms with Crippen molar-refractivity contribution >= 4 is 17.2 Å². The van der Waals surface area contributed by atoms with Crippen LogP contribution >= 0.6 is 11.3 Å². The number of hydrogen-bond acceptors (Lipinski definition) is 5. The Morgan fingerprint density at radius 2 is 1.77 bits per heavy atom. The fourth-order valence-electron chi connectivity index (χ4n) is 2.19. The smallest absolute Gasteiger partial charge is 0.406 e. The van der Waals surface area contributed by atoms with Gasteiger partial charge in [0, 0.05) is 18.5 Å². The molecule has 0 N–H and O–H groups in total. The second kappa shape index (κ2) is 6.13. The Labute approximate surface area is 129 Å². The van der Waals surface area contributed by atoms with Gasteiger partial charge in [0.2, 0.25) is 0 Å². The molecule has 1 aliphatic heterocycles. The van der Waals surface area contributed by atoms with Gasteiger partial charge in [-0.1, -0.05) is 0 Å². The first kappa shape index (κ1) is 15.1. The van der Waals surface area contributed by atoms with Gasteiger partial charge in [-0.15, -0.1) is 16.4 Å². The fraction of sp³-hybridized carbons (Fsp3) is 0.357. The normalized spacial score (nSPS) is 16.8. The van der Waals surface area contributed by atoms with E-state index >= 15 is 0 Å². The molecule has 117 valence electrons. The van der Waals surface area contributed by atoms with Crippen LogP contribution in [0, 0.1) is 5.51 Å². The molecule has 0 spiro atoms. The topological polar surface area (TPSA) is 28.6 Å². The molecule has 4 nitrogen and oxygen atoms in total. The highest BCUT2D eigenvalue weighted by Gasteiger charge is 2.30. The Hall–Kier alpha value is -1.80. The highest BCUT2D eigenvalue weighted by molar-refractivity contribution is 7.07. The number of rotatable bonds is 3. The molecular formula is C14H13F3N3OS. The van der Waals surface area contributed by atoms with Crippen molar-refractivity contribution in [2.75, 3.05) is 31.1 Å². The third kappa shape index (κ3) is 3.50. The molecular weight excluding hydrogens is 315 g/mol. The van der Waals surface area contributed by atoms with Crippen LogP contribution in [-0.2, 0) is 6.18 Å². The van der Waals surface area contributed by atoms with Gasteiger partial charge in [0.25, 0.3) is 0 Å². The molecule has 0 amide bonds. The molecule has 1 aromatic heterocycles. The molecule has 1 aromatic carbocycles. The zero-order valence-corrected chi connectivity index (χ0v) is 12.3. The Balaban J connectivity index is 1.54. The van der Waals surface area contributed by atoms with Crippen molar-refractivity contribution in [1.82, 2.24) is 10.0 Å². The van der Waals surface area contributed by atoms with Crippen LogP contribution in [0.1, 0.15) is 5.56 Å². The molecule has 3 rings (SSSR count). The molecule has 1 radical (unpaired) electrons. The SMILES string of the molecule is FC(F)(F)c1ccc(ON2CCN(c3cs[c]n3)CC2)cc1. The average Bonchev–Trinajstić information content (AvgIpc) is 3.02. The van der Waals surface area contributed by atoms with E-state index in [1.165, 1.54) is 23.5 Å². The van der Waals surface area contributed by atoms with Crippen LogP contribution in [0.5, 0.6) is 5.75 Å². The lowest BCUT2D eigenvalue weighted by Gasteiger charge is -2.34. The summed E-state index contributed by atoms with van der Waals surface area (Å²) in [7, 11) is 0. The Morgan fingerprint density at radius 3 is 2.32 bits per heavy atom. The van der Waals surface area contributed by atoms with E-state index in [1.807, 2.05) is 5.38 Å². The maximum atomic E-state index is 12.5. The van der Waals surface area contributed by atoms with Crippen molar-refractivity contribution in [3.8, 4) is 5.75 Å². The van der Waals surface area contributed by atoms with Crippen LogP contribution in [0.2, 0.25) is 0 Å². The van der Waals surface area contributed by atoms with Crippen LogP contribution in [0.15, 0.2) is 29.6 Å². The van der Waals surface area contributed by atoms with Crippen molar-refractivity contribution < 1.29 is 18.0 Å². The summed E-state index contributed by atoms with van der Waals surface area (Å²) < 4.78 is 37.5. The van der Waals surface area contributed by atoms with Crippen LogP contribution < -0.4 is 9.74 Å². The maximum Gasteiger partial charge on any atom is 0.416 e. The van der Waals surface area contributed by atoms with E-state index in [4.69, 9.17) is 4.84 Å². The fourth-order valence-corrected chi connectivity index (χ4v) is 2.69. The minimum absolute atomic E-state index is 0.406. The van der Waals surface area contributed by atoms with Crippen molar-refractivity contribution in [3.63, 3.8) is 0 Å². The molecule has 0 unspecified atom stereocenters. The third-order valence-electron chi connectivity index (χ3n) is 3.36. The number of piperazine rings is 1. The lowest BCUT2D eigenvalue weighted by molar-refractivity contribution is -0.137. The van der Waals surface area contributed by atoms with Crippen molar-refractivity contribution in [1.29, 1.82) is 0 Å². The van der Waals surface area contributed by atoms with Gasteiger partial charge in [0.15, 0.2) is 5.51 Å². The zero-order valence-electron chi connectivity index (χ0n) is 11.5. The molecule has 1 aliphatic rings. The molecule has 0 atom stereocenters. The largest absolute Gasteiger partial charge is 0.416 e. The molecule has 2 heterocycles. The van der Waals surface area contributed by atoms with E-state index in [2.05, 4.69) is 15.4 Å². The number of nitrogens with zero attached hydrogens (tertiary/aromatic N) is 3. The molecule has 22 heavy (non-hydrogen) atoms. The first-order valence-corrected chi connectivity index (χ1v) is 7.57. The maximum absolute atomic E-state index is 12.5. The van der Waals surface area contributed by atoms with Crippen LogP contribution in [0.25, 0.3) is 0 Å². The second-order valence-electron chi connectivity index (χ2n) is 4.83. The summed E-state index contributed by atoms with van der Waals surface area (Å²) in [4.78, 5) is 11.9. The molecule has 2 aromatic rings. The monoisotopic (exact) mass is 328 g/mol. The second-order valence-corrected chi connectivity index (χ2v) is 5.48. The van der Waals surface area contributed by atoms with Gasteiger partial charge in [-0.25, -0.2) is 4.98 Å². The van der Waals surface area contributed by atoms with Gasteiger partial charge in [-0.2, -0.15) is 13.2 Å². The predicted molar refractivity (Wildman–Crippen MR) is 76.8 cm³/mol. The summed E-state index contributed by atoms with van der Waals surface area (Å²) in [6, 6.07) is 4.72. The molecule has 8 heteroatoms. The van der Waals surface area contributed by atoms with Gasteiger partial charge >= 0.3 is 6.18 Å². The van der Waals surface area contributed by atoms with E-state index < -0.39 is 11.7 Å².